The zero-order valence-electron chi connectivity index (χ0n) is 13.5. The largest absolute Gasteiger partial charge is 0.352 e. The van der Waals surface area contributed by atoms with Gasteiger partial charge in [0.25, 0.3) is 0 Å². The molecule has 2 nitrogen and oxygen atoms in total. The molecule has 3 heteroatoms. The number of methoxy groups -OCH3 is 2. The van der Waals surface area contributed by atoms with Gasteiger partial charge in [0.15, 0.2) is 6.29 Å². The molecule has 116 valence electrons. The van der Waals surface area contributed by atoms with Crippen molar-refractivity contribution in [3.8, 4) is 0 Å². The quantitative estimate of drug-likeness (QED) is 0.312. The van der Waals surface area contributed by atoms with Crippen molar-refractivity contribution in [2.45, 2.75) is 52.7 Å². The molecule has 0 saturated heterocycles. The van der Waals surface area contributed by atoms with Crippen LogP contribution < -0.4 is 0 Å². The molecule has 0 saturated carbocycles. The Morgan fingerprint density at radius 3 is 2.05 bits per heavy atom. The first-order valence-corrected chi connectivity index (χ1v) is 7.68. The van der Waals surface area contributed by atoms with Gasteiger partial charge in [-0.3, -0.25) is 0 Å². The minimum absolute atomic E-state index is 0.284. The van der Waals surface area contributed by atoms with E-state index in [-0.39, 0.29) is 6.29 Å². The van der Waals surface area contributed by atoms with Crippen LogP contribution in [0.3, 0.4) is 0 Å². The summed E-state index contributed by atoms with van der Waals surface area (Å²) in [5, 5.41) is 0. The van der Waals surface area contributed by atoms with Crippen LogP contribution in [0.15, 0.2) is 34.9 Å². The maximum Gasteiger partial charge on any atom is 0.179 e. The highest BCUT2D eigenvalue weighted by atomic mass is 35.5. The van der Waals surface area contributed by atoms with Crippen LogP contribution in [0.25, 0.3) is 0 Å². The lowest BCUT2D eigenvalue weighted by molar-refractivity contribution is -0.0766. The van der Waals surface area contributed by atoms with E-state index in [1.54, 1.807) is 14.2 Å². The average Bonchev–Trinajstić information content (AvgIpc) is 2.39. The van der Waals surface area contributed by atoms with Crippen molar-refractivity contribution in [3.05, 3.63) is 34.9 Å². The van der Waals surface area contributed by atoms with E-state index in [0.717, 1.165) is 31.3 Å². The van der Waals surface area contributed by atoms with E-state index in [2.05, 4.69) is 32.9 Å². The van der Waals surface area contributed by atoms with Gasteiger partial charge in [0.05, 0.1) is 0 Å². The summed E-state index contributed by atoms with van der Waals surface area (Å²) in [5.74, 6) is 0.488. The van der Waals surface area contributed by atoms with Gasteiger partial charge in [-0.25, -0.2) is 0 Å². The zero-order chi connectivity index (χ0) is 15.4. The van der Waals surface area contributed by atoms with Gasteiger partial charge in [-0.15, -0.1) is 11.6 Å². The Labute approximate surface area is 129 Å². The number of hydrogen-bond donors (Lipinski definition) is 0. The Kier molecular flexibility index (Phi) is 11.8. The summed E-state index contributed by atoms with van der Waals surface area (Å²) in [6.45, 7) is 6.46. The predicted molar refractivity (Wildman–Crippen MR) is 88.3 cm³/mol. The molecular weight excluding hydrogens is 272 g/mol. The summed E-state index contributed by atoms with van der Waals surface area (Å²) >= 11 is 5.78. The van der Waals surface area contributed by atoms with Crippen LogP contribution in [-0.4, -0.2) is 26.4 Å². The highest BCUT2D eigenvalue weighted by molar-refractivity contribution is 6.18. The average molecular weight is 301 g/mol. The number of hydrogen-bond acceptors (Lipinski definition) is 2. The molecule has 0 fully saturated rings. The van der Waals surface area contributed by atoms with Gasteiger partial charge in [0.2, 0.25) is 0 Å². The molecular formula is C17H29ClO2. The van der Waals surface area contributed by atoms with Crippen molar-refractivity contribution in [2.75, 3.05) is 20.1 Å². The molecule has 0 atom stereocenters. The second-order valence-electron chi connectivity index (χ2n) is 5.15. The van der Waals surface area contributed by atoms with Crippen LogP contribution in [0, 0.1) is 0 Å². The molecule has 0 bridgehead atoms. The number of alkyl halides is 1. The molecule has 20 heavy (non-hydrogen) atoms. The third kappa shape index (κ3) is 9.35. The van der Waals surface area contributed by atoms with Crippen molar-refractivity contribution in [1.29, 1.82) is 0 Å². The standard InChI is InChI=1S/C17H29ClO2/c1-14(2)8-6-9-15(3)10-7-11-16(12-13-18)17(19-4)20-5/h8,10,12,17H,6-7,9,11,13H2,1-5H3/b15-10+,16-12+. The molecule has 0 aromatic rings. The van der Waals surface area contributed by atoms with Gasteiger partial charge in [-0.05, 0) is 52.0 Å². The molecule has 0 N–H and O–H groups in total. The lowest BCUT2D eigenvalue weighted by Crippen LogP contribution is -2.16. The van der Waals surface area contributed by atoms with Crippen molar-refractivity contribution < 1.29 is 9.47 Å². The first-order valence-electron chi connectivity index (χ1n) is 7.14. The topological polar surface area (TPSA) is 18.5 Å². The summed E-state index contributed by atoms with van der Waals surface area (Å²) in [6.07, 6.45) is 10.4. The first kappa shape index (κ1) is 19.4. The SMILES string of the molecule is COC(OC)/C(=C/CCl)CC/C=C(\C)CCC=C(C)C. The van der Waals surface area contributed by atoms with E-state index < -0.39 is 0 Å². The van der Waals surface area contributed by atoms with Gasteiger partial charge in [-0.1, -0.05) is 29.4 Å². The van der Waals surface area contributed by atoms with Crippen LogP contribution >= 0.6 is 11.6 Å². The van der Waals surface area contributed by atoms with E-state index in [1.807, 2.05) is 6.08 Å². The Balaban J connectivity index is 4.28. The predicted octanol–water partition coefficient (Wildman–Crippen LogP) is 5.24. The highest BCUT2D eigenvalue weighted by Gasteiger charge is 2.11. The molecule has 0 aromatic carbocycles. The third-order valence-electron chi connectivity index (χ3n) is 3.09. The van der Waals surface area contributed by atoms with Crippen LogP contribution in [0.1, 0.15) is 46.5 Å². The second kappa shape index (κ2) is 12.2. The minimum atomic E-state index is -0.284. The molecule has 0 aliphatic carbocycles. The molecule has 0 radical (unpaired) electrons. The number of ether oxygens (including phenoxy) is 2. The van der Waals surface area contributed by atoms with E-state index in [0.29, 0.717) is 5.88 Å². The Morgan fingerprint density at radius 2 is 1.55 bits per heavy atom. The molecule has 0 aliphatic heterocycles. The van der Waals surface area contributed by atoms with Gasteiger partial charge < -0.3 is 9.47 Å². The van der Waals surface area contributed by atoms with E-state index in [1.165, 1.54) is 11.1 Å². The van der Waals surface area contributed by atoms with Crippen molar-refractivity contribution in [3.63, 3.8) is 0 Å². The monoisotopic (exact) mass is 300 g/mol. The smallest absolute Gasteiger partial charge is 0.179 e. The number of halogens is 1. The Morgan fingerprint density at radius 1 is 0.950 bits per heavy atom. The minimum Gasteiger partial charge on any atom is -0.352 e. The molecule has 0 heterocycles. The second-order valence-corrected chi connectivity index (χ2v) is 5.45. The van der Waals surface area contributed by atoms with Crippen LogP contribution in [0.2, 0.25) is 0 Å². The Bertz CT molecular complexity index is 335. The van der Waals surface area contributed by atoms with Gasteiger partial charge in [-0.2, -0.15) is 0 Å². The first-order chi connectivity index (χ1) is 9.54. The zero-order valence-corrected chi connectivity index (χ0v) is 14.3. The molecule has 0 aromatic heterocycles. The molecule has 0 unspecified atom stereocenters. The molecule has 0 rings (SSSR count). The van der Waals surface area contributed by atoms with Crippen molar-refractivity contribution >= 4 is 11.6 Å². The maximum absolute atomic E-state index is 5.78. The summed E-state index contributed by atoms with van der Waals surface area (Å²) in [7, 11) is 3.30. The molecule has 0 amide bonds. The normalized spacial score (nSPS) is 12.9. The summed E-state index contributed by atoms with van der Waals surface area (Å²) in [6, 6.07) is 0. The fraction of sp³-hybridized carbons (Fsp3) is 0.647. The highest BCUT2D eigenvalue weighted by Crippen LogP contribution is 2.16. The molecule has 0 spiro atoms. The lowest BCUT2D eigenvalue weighted by Gasteiger charge is -2.17. The van der Waals surface area contributed by atoms with Crippen LogP contribution in [0.5, 0.6) is 0 Å². The van der Waals surface area contributed by atoms with Gasteiger partial charge in [0, 0.05) is 20.1 Å². The number of allylic oxidation sites excluding steroid dienone is 5. The van der Waals surface area contributed by atoms with E-state index in [9.17, 15) is 0 Å². The summed E-state index contributed by atoms with van der Waals surface area (Å²) in [5.41, 5.74) is 3.92. The summed E-state index contributed by atoms with van der Waals surface area (Å²) in [4.78, 5) is 0. The maximum atomic E-state index is 5.78. The lowest BCUT2D eigenvalue weighted by atomic mass is 10.1. The van der Waals surface area contributed by atoms with Crippen molar-refractivity contribution in [2.24, 2.45) is 0 Å². The van der Waals surface area contributed by atoms with Gasteiger partial charge >= 0.3 is 0 Å². The fourth-order valence-electron chi connectivity index (χ4n) is 1.99. The van der Waals surface area contributed by atoms with E-state index >= 15 is 0 Å². The Hall–Kier alpha value is -0.570. The van der Waals surface area contributed by atoms with Crippen LogP contribution in [0.4, 0.5) is 0 Å². The molecule has 0 aliphatic rings. The van der Waals surface area contributed by atoms with Gasteiger partial charge in [0.1, 0.15) is 0 Å². The van der Waals surface area contributed by atoms with Crippen LogP contribution in [-0.2, 0) is 9.47 Å². The summed E-state index contributed by atoms with van der Waals surface area (Å²) < 4.78 is 10.6. The van der Waals surface area contributed by atoms with E-state index in [4.69, 9.17) is 21.1 Å². The number of rotatable bonds is 10. The van der Waals surface area contributed by atoms with Crippen molar-refractivity contribution in [1.82, 2.24) is 0 Å². The third-order valence-corrected chi connectivity index (χ3v) is 3.24. The fourth-order valence-corrected chi connectivity index (χ4v) is 2.19.